The first-order chi connectivity index (χ1) is 6.59. The third-order valence-corrected chi connectivity index (χ3v) is 2.38. The van der Waals surface area contributed by atoms with Crippen LogP contribution in [0, 0.1) is 0 Å². The second kappa shape index (κ2) is 2.99. The van der Waals surface area contributed by atoms with Gasteiger partial charge >= 0.3 is 5.97 Å². The fourth-order valence-electron chi connectivity index (χ4n) is 1.34. The van der Waals surface area contributed by atoms with Crippen molar-refractivity contribution in [3.63, 3.8) is 0 Å². The first-order valence-electron chi connectivity index (χ1n) is 3.95. The van der Waals surface area contributed by atoms with Crippen LogP contribution < -0.4 is 0 Å². The van der Waals surface area contributed by atoms with Gasteiger partial charge < -0.3 is 5.11 Å². The number of benzene rings is 1. The number of aromatic carboxylic acids is 1. The maximum absolute atomic E-state index is 10.8. The summed E-state index contributed by atoms with van der Waals surface area (Å²) >= 11 is 5.92. The Balaban J connectivity index is 2.80. The van der Waals surface area contributed by atoms with Crippen LogP contribution in [0.3, 0.4) is 0 Å². The lowest BCUT2D eigenvalue weighted by atomic mass is 10.1. The zero-order valence-corrected chi connectivity index (χ0v) is 8.12. The van der Waals surface area contributed by atoms with Crippen molar-refractivity contribution in [3.05, 3.63) is 28.9 Å². The highest BCUT2D eigenvalue weighted by Crippen LogP contribution is 2.26. The lowest BCUT2D eigenvalue weighted by Crippen LogP contribution is -1.96. The minimum atomic E-state index is -1.03. The molecule has 1 heterocycles. The van der Waals surface area contributed by atoms with Crippen molar-refractivity contribution in [2.75, 3.05) is 0 Å². The van der Waals surface area contributed by atoms with E-state index in [4.69, 9.17) is 16.7 Å². The van der Waals surface area contributed by atoms with E-state index in [0.717, 1.165) is 0 Å². The van der Waals surface area contributed by atoms with E-state index in [1.165, 1.54) is 6.07 Å². The third kappa shape index (κ3) is 1.24. The van der Waals surface area contributed by atoms with Gasteiger partial charge in [-0.25, -0.2) is 4.79 Å². The standard InChI is InChI=1S/C9H7ClN2O2/c1-12-4-6-7(11-12)3-2-5(8(6)10)9(13)14/h2-4H,1H3,(H,13,14). The molecule has 0 unspecified atom stereocenters. The molecule has 0 spiro atoms. The van der Waals surface area contributed by atoms with Gasteiger partial charge in [-0.1, -0.05) is 11.6 Å². The summed E-state index contributed by atoms with van der Waals surface area (Å²) in [6, 6.07) is 3.10. The van der Waals surface area contributed by atoms with E-state index in [0.29, 0.717) is 10.9 Å². The Hall–Kier alpha value is -1.55. The van der Waals surface area contributed by atoms with Crippen molar-refractivity contribution in [2.24, 2.45) is 7.05 Å². The van der Waals surface area contributed by atoms with Crippen molar-refractivity contribution in [1.82, 2.24) is 9.78 Å². The predicted octanol–water partition coefficient (Wildman–Crippen LogP) is 1.92. The fraction of sp³-hybridized carbons (Fsp3) is 0.111. The molecule has 1 aromatic heterocycles. The summed E-state index contributed by atoms with van der Waals surface area (Å²) in [7, 11) is 1.76. The summed E-state index contributed by atoms with van der Waals surface area (Å²) in [5.74, 6) is -1.03. The first kappa shape index (κ1) is 9.02. The van der Waals surface area contributed by atoms with Crippen LogP contribution in [0.5, 0.6) is 0 Å². The lowest BCUT2D eigenvalue weighted by molar-refractivity contribution is 0.0697. The fourth-order valence-corrected chi connectivity index (χ4v) is 1.63. The van der Waals surface area contributed by atoms with Crippen LogP contribution in [0.25, 0.3) is 10.9 Å². The SMILES string of the molecule is Cn1cc2c(Cl)c(C(=O)O)ccc2n1. The maximum atomic E-state index is 10.8. The van der Waals surface area contributed by atoms with Gasteiger partial charge in [0.15, 0.2) is 0 Å². The molecule has 2 rings (SSSR count). The highest BCUT2D eigenvalue weighted by molar-refractivity contribution is 6.38. The van der Waals surface area contributed by atoms with Crippen LogP contribution in [0.1, 0.15) is 10.4 Å². The van der Waals surface area contributed by atoms with Gasteiger partial charge in [-0.2, -0.15) is 5.10 Å². The van der Waals surface area contributed by atoms with Gasteiger partial charge in [0.05, 0.1) is 16.1 Å². The molecule has 0 aliphatic rings. The van der Waals surface area contributed by atoms with Crippen LogP contribution in [0.2, 0.25) is 5.02 Å². The minimum absolute atomic E-state index is 0.104. The van der Waals surface area contributed by atoms with Crippen LogP contribution in [0.4, 0.5) is 0 Å². The van der Waals surface area contributed by atoms with Crippen LogP contribution in [-0.2, 0) is 7.05 Å². The molecule has 0 amide bonds. The molecule has 72 valence electrons. The molecule has 1 N–H and O–H groups in total. The number of carbonyl (C=O) groups is 1. The Labute approximate surface area is 84.7 Å². The average molecular weight is 211 g/mol. The topological polar surface area (TPSA) is 55.1 Å². The zero-order chi connectivity index (χ0) is 10.3. The molecule has 4 nitrogen and oxygen atoms in total. The molecular weight excluding hydrogens is 204 g/mol. The Morgan fingerprint density at radius 1 is 1.57 bits per heavy atom. The van der Waals surface area contributed by atoms with Crippen LogP contribution in [-0.4, -0.2) is 20.9 Å². The van der Waals surface area contributed by atoms with Gasteiger partial charge in [0, 0.05) is 18.6 Å². The molecule has 0 aliphatic heterocycles. The third-order valence-electron chi connectivity index (χ3n) is 1.97. The molecule has 0 fully saturated rings. The first-order valence-corrected chi connectivity index (χ1v) is 4.32. The second-order valence-corrected chi connectivity index (χ2v) is 3.35. The highest BCUT2D eigenvalue weighted by atomic mass is 35.5. The largest absolute Gasteiger partial charge is 0.478 e. The van der Waals surface area contributed by atoms with Crippen molar-refractivity contribution in [3.8, 4) is 0 Å². The Kier molecular flexibility index (Phi) is 1.93. The normalized spacial score (nSPS) is 10.7. The Morgan fingerprint density at radius 3 is 2.93 bits per heavy atom. The summed E-state index contributed by atoms with van der Waals surface area (Å²) in [4.78, 5) is 10.8. The van der Waals surface area contributed by atoms with Crippen molar-refractivity contribution >= 4 is 28.5 Å². The lowest BCUT2D eigenvalue weighted by Gasteiger charge is -1.97. The summed E-state index contributed by atoms with van der Waals surface area (Å²) in [5, 5.41) is 13.8. The number of rotatable bonds is 1. The molecule has 0 radical (unpaired) electrons. The molecule has 0 aliphatic carbocycles. The molecule has 2 aromatic rings. The number of carboxylic acid groups (broad SMARTS) is 1. The number of aromatic nitrogens is 2. The van der Waals surface area contributed by atoms with E-state index in [-0.39, 0.29) is 10.6 Å². The second-order valence-electron chi connectivity index (χ2n) is 2.97. The van der Waals surface area contributed by atoms with Gasteiger partial charge in [-0.3, -0.25) is 4.68 Å². The Bertz CT molecular complexity index is 519. The van der Waals surface area contributed by atoms with Crippen molar-refractivity contribution in [1.29, 1.82) is 0 Å². The molecule has 5 heteroatoms. The van der Waals surface area contributed by atoms with E-state index >= 15 is 0 Å². The number of nitrogens with zero attached hydrogens (tertiary/aromatic N) is 2. The summed E-state index contributed by atoms with van der Waals surface area (Å²) < 4.78 is 1.60. The molecule has 1 aromatic carbocycles. The maximum Gasteiger partial charge on any atom is 0.337 e. The summed E-state index contributed by atoms with van der Waals surface area (Å²) in [6.45, 7) is 0. The zero-order valence-electron chi connectivity index (χ0n) is 7.36. The molecule has 0 saturated heterocycles. The van der Waals surface area contributed by atoms with Crippen molar-refractivity contribution in [2.45, 2.75) is 0 Å². The van der Waals surface area contributed by atoms with E-state index in [9.17, 15) is 4.79 Å². The molecule has 0 atom stereocenters. The van der Waals surface area contributed by atoms with E-state index in [1.807, 2.05) is 0 Å². The summed E-state index contributed by atoms with van der Waals surface area (Å²) in [5.41, 5.74) is 0.801. The molecule has 0 saturated carbocycles. The number of hydrogen-bond acceptors (Lipinski definition) is 2. The molecule has 14 heavy (non-hydrogen) atoms. The van der Waals surface area contributed by atoms with Crippen LogP contribution in [0.15, 0.2) is 18.3 Å². The van der Waals surface area contributed by atoms with Gasteiger partial charge in [0.25, 0.3) is 0 Å². The number of halogens is 1. The number of hydrogen-bond donors (Lipinski definition) is 1. The van der Waals surface area contributed by atoms with E-state index in [2.05, 4.69) is 5.10 Å². The van der Waals surface area contributed by atoms with Gasteiger partial charge in [-0.05, 0) is 12.1 Å². The van der Waals surface area contributed by atoms with Crippen LogP contribution >= 0.6 is 11.6 Å². The highest BCUT2D eigenvalue weighted by Gasteiger charge is 2.12. The van der Waals surface area contributed by atoms with E-state index in [1.54, 1.807) is 24.0 Å². The number of fused-ring (bicyclic) bond motifs is 1. The Morgan fingerprint density at radius 2 is 2.29 bits per heavy atom. The monoisotopic (exact) mass is 210 g/mol. The predicted molar refractivity (Wildman–Crippen MR) is 52.7 cm³/mol. The number of aryl methyl sites for hydroxylation is 1. The van der Waals surface area contributed by atoms with Gasteiger partial charge in [0.2, 0.25) is 0 Å². The van der Waals surface area contributed by atoms with Gasteiger partial charge in [0.1, 0.15) is 0 Å². The van der Waals surface area contributed by atoms with Crippen molar-refractivity contribution < 1.29 is 9.90 Å². The quantitative estimate of drug-likeness (QED) is 0.783. The number of carboxylic acids is 1. The smallest absolute Gasteiger partial charge is 0.337 e. The average Bonchev–Trinajstić information content (AvgIpc) is 2.46. The minimum Gasteiger partial charge on any atom is -0.478 e. The molecule has 0 bridgehead atoms. The summed E-state index contributed by atoms with van der Waals surface area (Å²) in [6.07, 6.45) is 1.70. The molecular formula is C9H7ClN2O2. The van der Waals surface area contributed by atoms with E-state index < -0.39 is 5.97 Å². The van der Waals surface area contributed by atoms with Gasteiger partial charge in [-0.15, -0.1) is 0 Å².